The number of hydrogen-bond donors (Lipinski definition) is 2. The van der Waals surface area contributed by atoms with Crippen LogP contribution in [0, 0.1) is 6.92 Å². The molecule has 0 spiro atoms. The zero-order chi connectivity index (χ0) is 12.3. The Kier molecular flexibility index (Phi) is 3.58. The lowest BCUT2D eigenvalue weighted by Gasteiger charge is -2.09. The Morgan fingerprint density at radius 2 is 2.29 bits per heavy atom. The maximum absolute atomic E-state index is 9.18. The fourth-order valence-electron chi connectivity index (χ4n) is 1.80. The van der Waals surface area contributed by atoms with Crippen molar-refractivity contribution in [3.63, 3.8) is 0 Å². The summed E-state index contributed by atoms with van der Waals surface area (Å²) in [6.45, 7) is 4.67. The van der Waals surface area contributed by atoms with Gasteiger partial charge in [-0.1, -0.05) is 0 Å². The van der Waals surface area contributed by atoms with E-state index in [1.54, 1.807) is 10.8 Å². The number of aryl methyl sites for hydroxylation is 1. The highest BCUT2D eigenvalue weighted by Gasteiger charge is 2.03. The summed E-state index contributed by atoms with van der Waals surface area (Å²) in [6, 6.07) is 4.04. The zero-order valence-electron chi connectivity index (χ0n) is 10.2. The minimum Gasteiger partial charge on any atom is -0.393 e. The van der Waals surface area contributed by atoms with E-state index in [0.29, 0.717) is 0 Å². The second-order valence-corrected chi connectivity index (χ2v) is 4.37. The van der Waals surface area contributed by atoms with E-state index < -0.39 is 0 Å². The Balaban J connectivity index is 2.04. The third kappa shape index (κ3) is 2.94. The lowest BCUT2D eigenvalue weighted by molar-refractivity contribution is 0.183. The van der Waals surface area contributed by atoms with Crippen LogP contribution in [0.25, 0.3) is 5.65 Å². The minimum atomic E-state index is -0.235. The third-order valence-electron chi connectivity index (χ3n) is 2.63. The second kappa shape index (κ2) is 5.14. The molecule has 5 heteroatoms. The van der Waals surface area contributed by atoms with Gasteiger partial charge in [-0.25, -0.2) is 4.98 Å². The Morgan fingerprint density at radius 3 is 3.06 bits per heavy atom. The molecule has 0 aliphatic carbocycles. The van der Waals surface area contributed by atoms with Crippen molar-refractivity contribution < 1.29 is 5.11 Å². The SMILES string of the molecule is Cc1cc(NCCCC(C)O)n2ncnc2c1. The second-order valence-electron chi connectivity index (χ2n) is 4.37. The number of hydrogen-bond acceptors (Lipinski definition) is 4. The number of rotatable bonds is 5. The number of anilines is 1. The molecule has 0 aliphatic heterocycles. The number of aliphatic hydroxyl groups excluding tert-OH is 1. The molecule has 0 aliphatic rings. The number of fused-ring (bicyclic) bond motifs is 1. The van der Waals surface area contributed by atoms with Crippen LogP contribution in [0.1, 0.15) is 25.3 Å². The Morgan fingerprint density at radius 1 is 1.47 bits per heavy atom. The van der Waals surface area contributed by atoms with E-state index in [0.717, 1.165) is 36.4 Å². The fourth-order valence-corrected chi connectivity index (χ4v) is 1.80. The van der Waals surface area contributed by atoms with Crippen LogP contribution in [-0.2, 0) is 0 Å². The molecule has 5 nitrogen and oxygen atoms in total. The zero-order valence-corrected chi connectivity index (χ0v) is 10.2. The van der Waals surface area contributed by atoms with Crippen molar-refractivity contribution in [2.75, 3.05) is 11.9 Å². The van der Waals surface area contributed by atoms with Gasteiger partial charge in [0, 0.05) is 6.54 Å². The Bertz CT molecular complexity index is 492. The summed E-state index contributed by atoms with van der Waals surface area (Å²) >= 11 is 0. The molecular weight excluding hydrogens is 216 g/mol. The first-order valence-corrected chi connectivity index (χ1v) is 5.89. The molecule has 2 aromatic rings. The van der Waals surface area contributed by atoms with E-state index in [-0.39, 0.29) is 6.10 Å². The molecule has 2 N–H and O–H groups in total. The normalized spacial score (nSPS) is 12.9. The third-order valence-corrected chi connectivity index (χ3v) is 2.63. The summed E-state index contributed by atoms with van der Waals surface area (Å²) in [7, 11) is 0. The quantitative estimate of drug-likeness (QED) is 0.771. The number of nitrogens with one attached hydrogen (secondary N) is 1. The van der Waals surface area contributed by atoms with Gasteiger partial charge in [0.25, 0.3) is 0 Å². The number of nitrogens with zero attached hydrogens (tertiary/aromatic N) is 3. The van der Waals surface area contributed by atoms with Gasteiger partial charge in [0.2, 0.25) is 0 Å². The molecule has 1 unspecified atom stereocenters. The highest BCUT2D eigenvalue weighted by molar-refractivity contribution is 5.51. The minimum absolute atomic E-state index is 0.235. The number of pyridine rings is 1. The number of aliphatic hydroxyl groups is 1. The molecule has 92 valence electrons. The Labute approximate surface area is 100 Å². The van der Waals surface area contributed by atoms with Gasteiger partial charge in [-0.2, -0.15) is 9.61 Å². The molecule has 2 heterocycles. The lowest BCUT2D eigenvalue weighted by atomic mass is 10.2. The summed E-state index contributed by atoms with van der Waals surface area (Å²) in [5, 5.41) is 16.7. The van der Waals surface area contributed by atoms with Crippen molar-refractivity contribution >= 4 is 11.5 Å². The Hall–Kier alpha value is -1.62. The van der Waals surface area contributed by atoms with Gasteiger partial charge in [-0.15, -0.1) is 0 Å². The predicted molar refractivity (Wildman–Crippen MR) is 67.1 cm³/mol. The maximum atomic E-state index is 9.18. The first-order chi connectivity index (χ1) is 8.16. The van der Waals surface area contributed by atoms with Gasteiger partial charge < -0.3 is 10.4 Å². The van der Waals surface area contributed by atoms with E-state index in [2.05, 4.69) is 15.4 Å². The van der Waals surface area contributed by atoms with Crippen LogP contribution >= 0.6 is 0 Å². The van der Waals surface area contributed by atoms with Gasteiger partial charge in [-0.05, 0) is 44.4 Å². The average molecular weight is 234 g/mol. The number of aromatic nitrogens is 3. The van der Waals surface area contributed by atoms with E-state index >= 15 is 0 Å². The van der Waals surface area contributed by atoms with Gasteiger partial charge >= 0.3 is 0 Å². The summed E-state index contributed by atoms with van der Waals surface area (Å²) in [4.78, 5) is 4.17. The summed E-state index contributed by atoms with van der Waals surface area (Å²) < 4.78 is 1.79. The average Bonchev–Trinajstić information content (AvgIpc) is 2.71. The van der Waals surface area contributed by atoms with Crippen molar-refractivity contribution in [3.05, 3.63) is 24.0 Å². The molecule has 0 amide bonds. The molecular formula is C12H18N4O. The molecule has 0 bridgehead atoms. The van der Waals surface area contributed by atoms with Gasteiger partial charge in [-0.3, -0.25) is 0 Å². The molecule has 1 atom stereocenters. The van der Waals surface area contributed by atoms with Crippen LogP contribution < -0.4 is 5.32 Å². The maximum Gasteiger partial charge on any atom is 0.157 e. The van der Waals surface area contributed by atoms with Crippen molar-refractivity contribution in [2.24, 2.45) is 0 Å². The topological polar surface area (TPSA) is 62.5 Å². The summed E-state index contributed by atoms with van der Waals surface area (Å²) in [6.07, 6.45) is 3.05. The highest BCUT2D eigenvalue weighted by Crippen LogP contribution is 2.13. The molecule has 0 aromatic carbocycles. The van der Waals surface area contributed by atoms with Crippen LogP contribution in [-0.4, -0.2) is 32.4 Å². The molecule has 17 heavy (non-hydrogen) atoms. The highest BCUT2D eigenvalue weighted by atomic mass is 16.3. The predicted octanol–water partition coefficient (Wildman–Crippen LogP) is 1.61. The fraction of sp³-hybridized carbons (Fsp3) is 0.500. The standard InChI is InChI=1S/C12H18N4O/c1-9-6-11(13-5-3-4-10(2)17)16-12(7-9)14-8-15-16/h6-8,10,13,17H,3-5H2,1-2H3. The van der Waals surface area contributed by atoms with Crippen LogP contribution in [0.4, 0.5) is 5.82 Å². The van der Waals surface area contributed by atoms with E-state index in [1.165, 1.54) is 0 Å². The molecule has 0 saturated heterocycles. The van der Waals surface area contributed by atoms with Gasteiger partial charge in [0.05, 0.1) is 6.10 Å². The van der Waals surface area contributed by atoms with Crippen LogP contribution in [0.2, 0.25) is 0 Å². The molecule has 0 radical (unpaired) electrons. The lowest BCUT2D eigenvalue weighted by Crippen LogP contribution is -2.09. The van der Waals surface area contributed by atoms with Gasteiger partial charge in [0.1, 0.15) is 12.1 Å². The van der Waals surface area contributed by atoms with Crippen LogP contribution in [0.15, 0.2) is 18.5 Å². The van der Waals surface area contributed by atoms with Crippen molar-refractivity contribution in [1.29, 1.82) is 0 Å². The van der Waals surface area contributed by atoms with Gasteiger partial charge in [0.15, 0.2) is 5.65 Å². The van der Waals surface area contributed by atoms with Crippen LogP contribution in [0.3, 0.4) is 0 Å². The molecule has 2 aromatic heterocycles. The van der Waals surface area contributed by atoms with Crippen molar-refractivity contribution in [2.45, 2.75) is 32.8 Å². The monoisotopic (exact) mass is 234 g/mol. The van der Waals surface area contributed by atoms with E-state index in [4.69, 9.17) is 0 Å². The summed E-state index contributed by atoms with van der Waals surface area (Å²) in [5.74, 6) is 0.947. The molecule has 2 rings (SSSR count). The summed E-state index contributed by atoms with van der Waals surface area (Å²) in [5.41, 5.74) is 2.01. The van der Waals surface area contributed by atoms with Crippen molar-refractivity contribution in [3.8, 4) is 0 Å². The molecule has 0 fully saturated rings. The van der Waals surface area contributed by atoms with Crippen LogP contribution in [0.5, 0.6) is 0 Å². The van der Waals surface area contributed by atoms with Crippen molar-refractivity contribution in [1.82, 2.24) is 14.6 Å². The first kappa shape index (κ1) is 11.9. The van der Waals surface area contributed by atoms with E-state index in [9.17, 15) is 5.11 Å². The van der Waals surface area contributed by atoms with E-state index in [1.807, 2.05) is 26.0 Å². The smallest absolute Gasteiger partial charge is 0.157 e. The largest absolute Gasteiger partial charge is 0.393 e. The first-order valence-electron chi connectivity index (χ1n) is 5.89. The molecule has 0 saturated carbocycles.